The molecule has 0 aromatic heterocycles. The molecule has 1 unspecified atom stereocenters. The Balaban J connectivity index is 2.40. The molecule has 5 heteroatoms. The Morgan fingerprint density at radius 1 is 1.00 bits per heavy atom. The SMILES string of the molecule is OC(c1cccc(C(F)(F)F)c1)c1ccccc1Cl. The van der Waals surface area contributed by atoms with Crippen LogP contribution in [-0.4, -0.2) is 5.11 Å². The zero-order valence-electron chi connectivity index (χ0n) is 9.66. The Morgan fingerprint density at radius 3 is 2.32 bits per heavy atom. The van der Waals surface area contributed by atoms with Gasteiger partial charge in [0.2, 0.25) is 0 Å². The lowest BCUT2D eigenvalue weighted by Gasteiger charge is -2.15. The molecule has 0 aliphatic carbocycles. The van der Waals surface area contributed by atoms with Gasteiger partial charge in [-0.1, -0.05) is 41.9 Å². The fourth-order valence-corrected chi connectivity index (χ4v) is 2.00. The largest absolute Gasteiger partial charge is 0.416 e. The Hall–Kier alpha value is -1.52. The summed E-state index contributed by atoms with van der Waals surface area (Å²) in [6, 6.07) is 11.1. The maximum Gasteiger partial charge on any atom is 0.416 e. The fourth-order valence-electron chi connectivity index (χ4n) is 1.76. The van der Waals surface area contributed by atoms with E-state index >= 15 is 0 Å². The first-order chi connectivity index (χ1) is 8.89. The van der Waals surface area contributed by atoms with Crippen molar-refractivity contribution >= 4 is 11.6 Å². The number of benzene rings is 2. The number of halogens is 4. The van der Waals surface area contributed by atoms with Crippen molar-refractivity contribution in [2.24, 2.45) is 0 Å². The molecule has 0 saturated heterocycles. The second kappa shape index (κ2) is 5.23. The van der Waals surface area contributed by atoms with E-state index < -0.39 is 17.8 Å². The average molecular weight is 287 g/mol. The Labute approximate surface area is 113 Å². The molecule has 19 heavy (non-hydrogen) atoms. The van der Waals surface area contributed by atoms with Crippen molar-refractivity contribution < 1.29 is 18.3 Å². The third-order valence-corrected chi connectivity index (χ3v) is 3.07. The van der Waals surface area contributed by atoms with E-state index in [1.165, 1.54) is 12.1 Å². The molecule has 1 nitrogen and oxygen atoms in total. The summed E-state index contributed by atoms with van der Waals surface area (Å²) in [7, 11) is 0. The van der Waals surface area contributed by atoms with E-state index in [4.69, 9.17) is 11.6 Å². The minimum absolute atomic E-state index is 0.155. The van der Waals surface area contributed by atoms with E-state index in [2.05, 4.69) is 0 Å². The molecule has 0 fully saturated rings. The van der Waals surface area contributed by atoms with E-state index in [1.807, 2.05) is 0 Å². The zero-order valence-corrected chi connectivity index (χ0v) is 10.4. The van der Waals surface area contributed by atoms with Gasteiger partial charge in [-0.2, -0.15) is 13.2 Å². The smallest absolute Gasteiger partial charge is 0.384 e. The zero-order chi connectivity index (χ0) is 14.0. The van der Waals surface area contributed by atoms with Gasteiger partial charge in [0, 0.05) is 10.6 Å². The van der Waals surface area contributed by atoms with Gasteiger partial charge in [0.25, 0.3) is 0 Å². The molecular weight excluding hydrogens is 277 g/mol. The van der Waals surface area contributed by atoms with Gasteiger partial charge in [-0.15, -0.1) is 0 Å². The maximum absolute atomic E-state index is 12.6. The molecule has 2 aromatic rings. The van der Waals surface area contributed by atoms with Crippen LogP contribution in [0.25, 0.3) is 0 Å². The first-order valence-electron chi connectivity index (χ1n) is 5.49. The highest BCUT2D eigenvalue weighted by molar-refractivity contribution is 6.31. The molecule has 100 valence electrons. The van der Waals surface area contributed by atoms with Crippen molar-refractivity contribution in [2.75, 3.05) is 0 Å². The van der Waals surface area contributed by atoms with Crippen molar-refractivity contribution in [3.05, 3.63) is 70.2 Å². The van der Waals surface area contributed by atoms with Gasteiger partial charge in [-0.3, -0.25) is 0 Å². The number of rotatable bonds is 2. The van der Waals surface area contributed by atoms with E-state index in [1.54, 1.807) is 24.3 Å². The highest BCUT2D eigenvalue weighted by Gasteiger charge is 2.31. The Bertz CT molecular complexity index is 581. The summed E-state index contributed by atoms with van der Waals surface area (Å²) in [4.78, 5) is 0. The van der Waals surface area contributed by atoms with Crippen molar-refractivity contribution in [1.29, 1.82) is 0 Å². The summed E-state index contributed by atoms with van der Waals surface area (Å²) in [5.74, 6) is 0. The second-order valence-electron chi connectivity index (χ2n) is 4.05. The van der Waals surface area contributed by atoms with Gasteiger partial charge in [0.15, 0.2) is 0 Å². The third kappa shape index (κ3) is 3.08. The van der Waals surface area contributed by atoms with Gasteiger partial charge < -0.3 is 5.11 Å². The molecule has 2 rings (SSSR count). The summed E-state index contributed by atoms with van der Waals surface area (Å²) in [6.07, 6.45) is -5.62. The highest BCUT2D eigenvalue weighted by atomic mass is 35.5. The number of aliphatic hydroxyl groups is 1. The molecule has 0 saturated carbocycles. The predicted octanol–water partition coefficient (Wildman–Crippen LogP) is 4.44. The van der Waals surface area contributed by atoms with E-state index in [0.717, 1.165) is 12.1 Å². The minimum Gasteiger partial charge on any atom is -0.384 e. The Morgan fingerprint density at radius 2 is 1.68 bits per heavy atom. The van der Waals surface area contributed by atoms with Crippen LogP contribution in [0.2, 0.25) is 5.02 Å². The van der Waals surface area contributed by atoms with Crippen molar-refractivity contribution in [3.63, 3.8) is 0 Å². The van der Waals surface area contributed by atoms with Gasteiger partial charge in [-0.05, 0) is 23.8 Å². The second-order valence-corrected chi connectivity index (χ2v) is 4.45. The lowest BCUT2D eigenvalue weighted by Crippen LogP contribution is -2.07. The van der Waals surface area contributed by atoms with Crippen LogP contribution < -0.4 is 0 Å². The molecule has 0 amide bonds. The molecule has 0 spiro atoms. The maximum atomic E-state index is 12.6. The standard InChI is InChI=1S/C14H10ClF3O/c15-12-7-2-1-6-11(12)13(19)9-4-3-5-10(8-9)14(16,17)18/h1-8,13,19H. The number of aliphatic hydroxyl groups excluding tert-OH is 1. The topological polar surface area (TPSA) is 20.2 Å². The highest BCUT2D eigenvalue weighted by Crippen LogP contribution is 2.33. The van der Waals surface area contributed by atoms with Crippen molar-refractivity contribution in [2.45, 2.75) is 12.3 Å². The molecule has 0 radical (unpaired) electrons. The molecule has 0 aliphatic rings. The first kappa shape index (κ1) is 13.9. The van der Waals surface area contributed by atoms with Crippen LogP contribution >= 0.6 is 11.6 Å². The summed E-state index contributed by atoms with van der Waals surface area (Å²) in [5, 5.41) is 10.4. The average Bonchev–Trinajstić information content (AvgIpc) is 2.38. The summed E-state index contributed by atoms with van der Waals surface area (Å²) < 4.78 is 37.8. The van der Waals surface area contributed by atoms with Crippen LogP contribution in [-0.2, 0) is 6.18 Å². The van der Waals surface area contributed by atoms with Gasteiger partial charge in [0.1, 0.15) is 6.10 Å². The van der Waals surface area contributed by atoms with E-state index in [-0.39, 0.29) is 5.56 Å². The van der Waals surface area contributed by atoms with Gasteiger partial charge in [-0.25, -0.2) is 0 Å². The van der Waals surface area contributed by atoms with Crippen molar-refractivity contribution in [1.82, 2.24) is 0 Å². The number of hydrogen-bond acceptors (Lipinski definition) is 1. The molecular formula is C14H10ClF3O. The van der Waals surface area contributed by atoms with Gasteiger partial charge >= 0.3 is 6.18 Å². The molecule has 0 bridgehead atoms. The third-order valence-electron chi connectivity index (χ3n) is 2.73. The predicted molar refractivity (Wildman–Crippen MR) is 67.0 cm³/mol. The van der Waals surface area contributed by atoms with Crippen LogP contribution in [0, 0.1) is 0 Å². The van der Waals surface area contributed by atoms with Crippen LogP contribution in [0.1, 0.15) is 22.8 Å². The monoisotopic (exact) mass is 286 g/mol. The van der Waals surface area contributed by atoms with E-state index in [9.17, 15) is 18.3 Å². The van der Waals surface area contributed by atoms with Crippen LogP contribution in [0.4, 0.5) is 13.2 Å². The summed E-state index contributed by atoms with van der Waals surface area (Å²) in [6.45, 7) is 0. The van der Waals surface area contributed by atoms with Gasteiger partial charge in [0.05, 0.1) is 5.56 Å². The fraction of sp³-hybridized carbons (Fsp3) is 0.143. The molecule has 0 heterocycles. The first-order valence-corrected chi connectivity index (χ1v) is 5.87. The Kier molecular flexibility index (Phi) is 3.83. The molecule has 0 aliphatic heterocycles. The lowest BCUT2D eigenvalue weighted by molar-refractivity contribution is -0.137. The quantitative estimate of drug-likeness (QED) is 0.865. The van der Waals surface area contributed by atoms with E-state index in [0.29, 0.717) is 10.6 Å². The normalized spacial score (nSPS) is 13.3. The van der Waals surface area contributed by atoms with Crippen molar-refractivity contribution in [3.8, 4) is 0 Å². The summed E-state index contributed by atoms with van der Waals surface area (Å²) in [5.41, 5.74) is -0.262. The van der Waals surface area contributed by atoms with Crippen LogP contribution in [0.15, 0.2) is 48.5 Å². The van der Waals surface area contributed by atoms with Crippen LogP contribution in [0.3, 0.4) is 0 Å². The van der Waals surface area contributed by atoms with Crippen LogP contribution in [0.5, 0.6) is 0 Å². The molecule has 1 N–H and O–H groups in total. The number of hydrogen-bond donors (Lipinski definition) is 1. The minimum atomic E-state index is -4.43. The lowest BCUT2D eigenvalue weighted by atomic mass is 9.99. The molecule has 1 atom stereocenters. The number of alkyl halides is 3. The summed E-state index contributed by atoms with van der Waals surface area (Å²) >= 11 is 5.92. The molecule has 2 aromatic carbocycles.